The molecule has 2 heterocycles. The van der Waals surface area contributed by atoms with Crippen LogP contribution < -0.4 is 0 Å². The van der Waals surface area contributed by atoms with Crippen molar-refractivity contribution in [1.29, 1.82) is 0 Å². The highest BCUT2D eigenvalue weighted by atomic mass is 35.5. The zero-order chi connectivity index (χ0) is 27.6. The molecular weight excluding hydrogens is 538 g/mol. The number of carboxylic acid groups (broad SMARTS) is 2. The highest BCUT2D eigenvalue weighted by molar-refractivity contribution is 7.89. The van der Waals surface area contributed by atoms with E-state index in [0.29, 0.717) is 5.02 Å². The van der Waals surface area contributed by atoms with E-state index in [1.54, 1.807) is 30.3 Å². The first-order valence-corrected chi connectivity index (χ1v) is 13.7. The van der Waals surface area contributed by atoms with Gasteiger partial charge in [-0.3, -0.25) is 19.2 Å². The summed E-state index contributed by atoms with van der Waals surface area (Å²) in [6, 6.07) is 11.7. The maximum absolute atomic E-state index is 13.9. The van der Waals surface area contributed by atoms with Gasteiger partial charge in [0.15, 0.2) is 0 Å². The predicted molar refractivity (Wildman–Crippen MR) is 135 cm³/mol. The number of piperazine rings is 1. The van der Waals surface area contributed by atoms with Crippen molar-refractivity contribution in [1.82, 2.24) is 14.1 Å². The maximum Gasteiger partial charge on any atom is 0.305 e. The second kappa shape index (κ2) is 11.1. The first kappa shape index (κ1) is 27.6. The SMILES string of the molecule is O=C(O)CCC1C(=O)N2C(Cc3ccccc3)C(=O)N(CCC(=O)O)CC2N1S(=O)(=O)c1ccc(Cl)cc1. The van der Waals surface area contributed by atoms with Crippen LogP contribution >= 0.6 is 11.6 Å². The first-order chi connectivity index (χ1) is 18.0. The Morgan fingerprint density at radius 2 is 1.53 bits per heavy atom. The Hall–Kier alpha value is -3.48. The third-order valence-corrected chi connectivity index (χ3v) is 8.84. The Labute approximate surface area is 224 Å². The van der Waals surface area contributed by atoms with E-state index in [1.165, 1.54) is 34.1 Å². The van der Waals surface area contributed by atoms with Gasteiger partial charge in [0.25, 0.3) is 0 Å². The fourth-order valence-corrected chi connectivity index (χ4v) is 6.80. The Kier molecular flexibility index (Phi) is 8.05. The average Bonchev–Trinajstić information content (AvgIpc) is 3.15. The summed E-state index contributed by atoms with van der Waals surface area (Å²) in [5, 5.41) is 18.8. The Balaban J connectivity index is 1.80. The molecule has 2 amide bonds. The monoisotopic (exact) mass is 563 g/mol. The third kappa shape index (κ3) is 5.52. The maximum atomic E-state index is 13.9. The van der Waals surface area contributed by atoms with Crippen LogP contribution in [0.5, 0.6) is 0 Å². The number of carboxylic acids is 2. The van der Waals surface area contributed by atoms with Gasteiger partial charge in [-0.15, -0.1) is 0 Å². The fraction of sp³-hybridized carbons (Fsp3) is 0.360. The molecule has 3 atom stereocenters. The molecule has 0 aliphatic carbocycles. The summed E-state index contributed by atoms with van der Waals surface area (Å²) >= 11 is 5.93. The van der Waals surface area contributed by atoms with Gasteiger partial charge >= 0.3 is 11.9 Å². The van der Waals surface area contributed by atoms with Gasteiger partial charge in [-0.05, 0) is 36.2 Å². The lowest BCUT2D eigenvalue weighted by atomic mass is 10.00. The minimum Gasteiger partial charge on any atom is -0.481 e. The molecule has 3 unspecified atom stereocenters. The fourth-order valence-electron chi connectivity index (χ4n) is 4.93. The Bertz CT molecular complexity index is 1340. The van der Waals surface area contributed by atoms with E-state index in [9.17, 15) is 37.8 Å². The van der Waals surface area contributed by atoms with Gasteiger partial charge in [-0.25, -0.2) is 8.42 Å². The van der Waals surface area contributed by atoms with Crippen LogP contribution in [0.2, 0.25) is 5.02 Å². The van der Waals surface area contributed by atoms with Crippen LogP contribution in [0.25, 0.3) is 0 Å². The van der Waals surface area contributed by atoms with Crippen LogP contribution in [0.15, 0.2) is 59.5 Å². The number of hydrogen-bond acceptors (Lipinski definition) is 6. The molecular formula is C25H26ClN3O8S. The summed E-state index contributed by atoms with van der Waals surface area (Å²) in [5.74, 6) is -3.50. The molecule has 13 heteroatoms. The number of rotatable bonds is 10. The molecule has 2 saturated heterocycles. The summed E-state index contributed by atoms with van der Waals surface area (Å²) in [4.78, 5) is 52.3. The van der Waals surface area contributed by atoms with E-state index in [0.717, 1.165) is 9.87 Å². The van der Waals surface area contributed by atoms with Gasteiger partial charge in [-0.1, -0.05) is 41.9 Å². The van der Waals surface area contributed by atoms with Gasteiger partial charge in [0, 0.05) is 24.4 Å². The lowest BCUT2D eigenvalue weighted by Gasteiger charge is -2.44. The highest BCUT2D eigenvalue weighted by Crippen LogP contribution is 2.37. The molecule has 11 nitrogen and oxygen atoms in total. The second-order valence-corrected chi connectivity index (χ2v) is 11.4. The number of nitrogens with zero attached hydrogens (tertiary/aromatic N) is 3. The topological polar surface area (TPSA) is 153 Å². The molecule has 0 radical (unpaired) electrons. The van der Waals surface area contributed by atoms with Crippen molar-refractivity contribution in [2.45, 2.75) is 48.8 Å². The quantitative estimate of drug-likeness (QED) is 0.442. The summed E-state index contributed by atoms with van der Waals surface area (Å²) in [6.45, 7) is -0.424. The zero-order valence-corrected chi connectivity index (χ0v) is 21.7. The smallest absolute Gasteiger partial charge is 0.305 e. The molecule has 0 bridgehead atoms. The van der Waals surface area contributed by atoms with E-state index in [2.05, 4.69) is 0 Å². The predicted octanol–water partition coefficient (Wildman–Crippen LogP) is 1.66. The number of carbonyl (C=O) groups is 4. The van der Waals surface area contributed by atoms with E-state index in [1.807, 2.05) is 0 Å². The summed E-state index contributed by atoms with van der Waals surface area (Å²) in [6.07, 6.45) is -2.20. The first-order valence-electron chi connectivity index (χ1n) is 11.9. The van der Waals surface area contributed by atoms with Gasteiger partial charge in [0.05, 0.1) is 17.9 Å². The number of hydrogen-bond donors (Lipinski definition) is 2. The molecule has 202 valence electrons. The van der Waals surface area contributed by atoms with Gasteiger partial charge in [0.2, 0.25) is 21.8 Å². The molecule has 0 saturated carbocycles. The van der Waals surface area contributed by atoms with Crippen LogP contribution in [-0.2, 0) is 35.6 Å². The largest absolute Gasteiger partial charge is 0.481 e. The second-order valence-electron chi connectivity index (χ2n) is 9.10. The number of benzene rings is 2. The van der Waals surface area contributed by atoms with Gasteiger partial charge in [0.1, 0.15) is 18.2 Å². The van der Waals surface area contributed by atoms with Crippen LogP contribution in [0.4, 0.5) is 0 Å². The standard InChI is InChI=1S/C25H26ClN3O8S/c26-17-6-8-18(9-7-17)38(36,37)29-19(10-11-22(30)31)25(35)28-20(14-16-4-2-1-3-5-16)24(34)27(15-21(28)29)13-12-23(32)33/h1-9,19-21H,10-15H2,(H,30,31)(H,32,33). The summed E-state index contributed by atoms with van der Waals surface area (Å²) in [7, 11) is -4.36. The number of aliphatic carboxylic acids is 2. The molecule has 2 N–H and O–H groups in total. The zero-order valence-electron chi connectivity index (χ0n) is 20.1. The lowest BCUT2D eigenvalue weighted by Crippen LogP contribution is -2.64. The molecule has 0 aromatic heterocycles. The number of sulfonamides is 1. The minimum absolute atomic E-state index is 0.0754. The minimum atomic E-state index is -4.36. The van der Waals surface area contributed by atoms with Gasteiger partial charge in [-0.2, -0.15) is 4.31 Å². The average molecular weight is 564 g/mol. The lowest BCUT2D eigenvalue weighted by molar-refractivity contribution is -0.153. The Morgan fingerprint density at radius 1 is 0.895 bits per heavy atom. The van der Waals surface area contributed by atoms with Crippen molar-refractivity contribution in [3.05, 3.63) is 65.2 Å². The summed E-state index contributed by atoms with van der Waals surface area (Å²) in [5.41, 5.74) is 0.721. The molecule has 2 aromatic rings. The molecule has 2 fully saturated rings. The summed E-state index contributed by atoms with van der Waals surface area (Å²) < 4.78 is 28.7. The van der Waals surface area contributed by atoms with E-state index < -0.39 is 58.4 Å². The Morgan fingerprint density at radius 3 is 2.13 bits per heavy atom. The van der Waals surface area contributed by atoms with E-state index >= 15 is 0 Å². The molecule has 2 aromatic carbocycles. The number of fused-ring (bicyclic) bond motifs is 1. The molecule has 0 spiro atoms. The van der Waals surface area contributed by atoms with Crippen LogP contribution in [0, 0.1) is 0 Å². The third-order valence-electron chi connectivity index (χ3n) is 6.67. The normalized spacial score (nSPS) is 22.0. The van der Waals surface area contributed by atoms with Crippen LogP contribution in [-0.4, -0.2) is 87.8 Å². The van der Waals surface area contributed by atoms with Crippen molar-refractivity contribution in [2.24, 2.45) is 0 Å². The molecule has 38 heavy (non-hydrogen) atoms. The highest BCUT2D eigenvalue weighted by Gasteiger charge is 2.58. The van der Waals surface area contributed by atoms with Crippen molar-refractivity contribution in [2.75, 3.05) is 13.1 Å². The number of halogens is 1. The van der Waals surface area contributed by atoms with E-state index in [4.69, 9.17) is 11.6 Å². The van der Waals surface area contributed by atoms with Crippen LogP contribution in [0.3, 0.4) is 0 Å². The van der Waals surface area contributed by atoms with Gasteiger partial charge < -0.3 is 20.0 Å². The van der Waals surface area contributed by atoms with Crippen molar-refractivity contribution in [3.8, 4) is 0 Å². The van der Waals surface area contributed by atoms with Crippen molar-refractivity contribution in [3.63, 3.8) is 0 Å². The molecule has 2 aliphatic heterocycles. The van der Waals surface area contributed by atoms with E-state index in [-0.39, 0.29) is 37.2 Å². The number of carbonyl (C=O) groups excluding carboxylic acids is 2. The number of amides is 2. The van der Waals surface area contributed by atoms with Crippen molar-refractivity contribution < 1.29 is 37.8 Å². The van der Waals surface area contributed by atoms with Crippen molar-refractivity contribution >= 4 is 45.4 Å². The van der Waals surface area contributed by atoms with Crippen LogP contribution in [0.1, 0.15) is 24.8 Å². The molecule has 2 aliphatic rings. The molecule has 4 rings (SSSR count).